The van der Waals surface area contributed by atoms with Crippen molar-refractivity contribution < 1.29 is 31.7 Å². The van der Waals surface area contributed by atoms with Gasteiger partial charge in [-0.1, -0.05) is 0 Å². The maximum Gasteiger partial charge on any atom is 0.405 e. The topological polar surface area (TPSA) is 124 Å². The van der Waals surface area contributed by atoms with E-state index in [4.69, 9.17) is 4.55 Å². The van der Waals surface area contributed by atoms with E-state index in [2.05, 4.69) is 10.5 Å². The van der Waals surface area contributed by atoms with Gasteiger partial charge in [-0.3, -0.25) is 9.35 Å². The molecule has 0 bridgehead atoms. The number of esters is 1. The normalized spacial score (nSPS) is 15.9. The molecule has 1 atom stereocenters. The quantitative estimate of drug-likeness (QED) is 0.325. The van der Waals surface area contributed by atoms with Crippen molar-refractivity contribution in [3.63, 3.8) is 0 Å². The highest BCUT2D eigenvalue weighted by Gasteiger charge is 2.58. The number of carbonyl (C=O) groups is 2. The lowest BCUT2D eigenvalue weighted by Crippen LogP contribution is -2.53. The number of halogens is 1. The van der Waals surface area contributed by atoms with Gasteiger partial charge in [0.1, 0.15) is 0 Å². The lowest BCUT2D eigenvalue weighted by atomic mass is 10.4. The highest BCUT2D eigenvalue weighted by molar-refractivity contribution is 7.88. The van der Waals surface area contributed by atoms with Gasteiger partial charge in [0.15, 0.2) is 0 Å². The van der Waals surface area contributed by atoms with E-state index in [0.717, 1.165) is 0 Å². The van der Waals surface area contributed by atoms with Gasteiger partial charge in [0, 0.05) is 0 Å². The minimum absolute atomic E-state index is 0.630. The summed E-state index contributed by atoms with van der Waals surface area (Å²) < 4.78 is 45.4. The molecule has 0 aromatic heterocycles. The van der Waals surface area contributed by atoms with E-state index in [-0.39, 0.29) is 0 Å². The van der Waals surface area contributed by atoms with Gasteiger partial charge in [0.25, 0.3) is 5.91 Å². The monoisotopic (exact) mass is 215 g/mol. The second-order valence-electron chi connectivity index (χ2n) is 1.93. The molecule has 76 valence electrons. The maximum absolute atomic E-state index is 13.0. The molecule has 9 heteroatoms. The fraction of sp³-hybridized carbons (Fsp3) is 0.500. The van der Waals surface area contributed by atoms with Crippen molar-refractivity contribution in [2.45, 2.75) is 5.00 Å². The SMILES string of the molecule is COC(=O)C(F)(C(N)=O)S(=O)(=O)O. The van der Waals surface area contributed by atoms with Crippen LogP contribution in [0.4, 0.5) is 4.39 Å². The summed E-state index contributed by atoms with van der Waals surface area (Å²) in [5, 5.41) is -4.25. The third-order valence-electron chi connectivity index (χ3n) is 1.12. The van der Waals surface area contributed by atoms with E-state index < -0.39 is 27.0 Å². The van der Waals surface area contributed by atoms with E-state index in [1.807, 2.05) is 0 Å². The second-order valence-corrected chi connectivity index (χ2v) is 3.44. The van der Waals surface area contributed by atoms with Gasteiger partial charge in [0.05, 0.1) is 7.11 Å². The molecule has 3 N–H and O–H groups in total. The van der Waals surface area contributed by atoms with Crippen LogP contribution in [-0.4, -0.2) is 37.0 Å². The lowest BCUT2D eigenvalue weighted by molar-refractivity contribution is -0.153. The van der Waals surface area contributed by atoms with Gasteiger partial charge in [-0.05, 0) is 0 Å². The maximum atomic E-state index is 13.0. The van der Waals surface area contributed by atoms with Gasteiger partial charge >= 0.3 is 21.1 Å². The minimum Gasteiger partial charge on any atom is -0.465 e. The zero-order chi connectivity index (χ0) is 10.9. The third kappa shape index (κ3) is 1.75. The number of hydrogen-bond donors (Lipinski definition) is 2. The van der Waals surface area contributed by atoms with Crippen molar-refractivity contribution in [2.24, 2.45) is 5.73 Å². The number of carbonyl (C=O) groups excluding carboxylic acids is 2. The van der Waals surface area contributed by atoms with Crippen LogP contribution < -0.4 is 5.73 Å². The van der Waals surface area contributed by atoms with E-state index in [0.29, 0.717) is 7.11 Å². The Labute approximate surface area is 72.4 Å². The van der Waals surface area contributed by atoms with Crippen LogP contribution in [0.5, 0.6) is 0 Å². The number of amides is 1. The van der Waals surface area contributed by atoms with Crippen molar-refractivity contribution in [3.8, 4) is 0 Å². The first-order valence-electron chi connectivity index (χ1n) is 2.72. The summed E-state index contributed by atoms with van der Waals surface area (Å²) in [7, 11) is -4.96. The predicted molar refractivity (Wildman–Crippen MR) is 36.6 cm³/mol. The standard InChI is InChI=1S/C4H6FNO6S/c1-12-3(8)4(5,2(6)7)13(9,10)11/h1H3,(H2,6,7)(H,9,10,11). The van der Waals surface area contributed by atoms with Crippen LogP contribution in [0.2, 0.25) is 0 Å². The Balaban J connectivity index is 5.48. The molecule has 1 unspecified atom stereocenters. The van der Waals surface area contributed by atoms with Crippen LogP contribution in [0, 0.1) is 0 Å². The number of primary amides is 1. The average molecular weight is 215 g/mol. The molecule has 0 aliphatic heterocycles. The molecular weight excluding hydrogens is 209 g/mol. The summed E-state index contributed by atoms with van der Waals surface area (Å²) in [5.41, 5.74) is 4.28. The molecule has 0 saturated carbocycles. The number of ether oxygens (including phenoxy) is 1. The molecule has 7 nitrogen and oxygen atoms in total. The zero-order valence-electron chi connectivity index (χ0n) is 6.35. The van der Waals surface area contributed by atoms with E-state index in [1.165, 1.54) is 0 Å². The first-order chi connectivity index (χ1) is 5.67. The first-order valence-corrected chi connectivity index (χ1v) is 4.16. The summed E-state index contributed by atoms with van der Waals surface area (Å²) in [4.78, 5) is 20.8. The van der Waals surface area contributed by atoms with Crippen LogP contribution in [0.25, 0.3) is 0 Å². The summed E-state index contributed by atoms with van der Waals surface area (Å²) in [6, 6.07) is 0. The molecule has 0 aliphatic carbocycles. The van der Waals surface area contributed by atoms with Gasteiger partial charge < -0.3 is 10.5 Å². The Morgan fingerprint density at radius 1 is 1.54 bits per heavy atom. The molecule has 13 heavy (non-hydrogen) atoms. The molecule has 0 fully saturated rings. The second kappa shape index (κ2) is 3.26. The molecule has 0 aromatic rings. The Morgan fingerprint density at radius 3 is 2.00 bits per heavy atom. The van der Waals surface area contributed by atoms with Crippen LogP contribution in [0.15, 0.2) is 0 Å². The molecular formula is C4H6FNO6S. The fourth-order valence-corrected chi connectivity index (χ4v) is 1.01. The fourth-order valence-electron chi connectivity index (χ4n) is 0.464. The van der Waals surface area contributed by atoms with E-state index in [1.54, 1.807) is 0 Å². The number of hydrogen-bond acceptors (Lipinski definition) is 5. The highest BCUT2D eigenvalue weighted by atomic mass is 32.2. The Morgan fingerprint density at radius 2 is 1.92 bits per heavy atom. The molecule has 0 radical (unpaired) electrons. The van der Waals surface area contributed by atoms with Crippen molar-refractivity contribution in [2.75, 3.05) is 7.11 Å². The molecule has 0 spiro atoms. The smallest absolute Gasteiger partial charge is 0.405 e. The lowest BCUT2D eigenvalue weighted by Gasteiger charge is -2.14. The van der Waals surface area contributed by atoms with Crippen LogP contribution in [0.1, 0.15) is 0 Å². The van der Waals surface area contributed by atoms with E-state index in [9.17, 15) is 22.4 Å². The van der Waals surface area contributed by atoms with E-state index >= 15 is 0 Å². The van der Waals surface area contributed by atoms with Crippen molar-refractivity contribution >= 4 is 22.0 Å². The minimum atomic E-state index is -5.59. The van der Waals surface area contributed by atoms with Crippen molar-refractivity contribution in [3.05, 3.63) is 0 Å². The highest BCUT2D eigenvalue weighted by Crippen LogP contribution is 2.19. The molecule has 0 rings (SSSR count). The molecule has 0 aromatic carbocycles. The Kier molecular flexibility index (Phi) is 2.96. The molecule has 0 aliphatic rings. The molecule has 0 heterocycles. The van der Waals surface area contributed by atoms with Crippen molar-refractivity contribution in [1.29, 1.82) is 0 Å². The van der Waals surface area contributed by atoms with Gasteiger partial charge in [0.2, 0.25) is 0 Å². The van der Waals surface area contributed by atoms with Gasteiger partial charge in [-0.25, -0.2) is 4.79 Å². The molecule has 0 saturated heterocycles. The number of rotatable bonds is 3. The van der Waals surface area contributed by atoms with Gasteiger partial charge in [-0.2, -0.15) is 12.8 Å². The van der Waals surface area contributed by atoms with Crippen molar-refractivity contribution in [1.82, 2.24) is 0 Å². The summed E-state index contributed by atoms with van der Waals surface area (Å²) in [6.07, 6.45) is 0. The molecule has 1 amide bonds. The number of nitrogens with two attached hydrogens (primary N) is 1. The largest absolute Gasteiger partial charge is 0.465 e. The zero-order valence-corrected chi connectivity index (χ0v) is 7.17. The first kappa shape index (κ1) is 11.8. The third-order valence-corrected chi connectivity index (χ3v) is 2.20. The Bertz CT molecular complexity index is 337. The predicted octanol–water partition coefficient (Wildman–Crippen LogP) is -1.80. The summed E-state index contributed by atoms with van der Waals surface area (Å²) in [6.45, 7) is 0. The van der Waals surface area contributed by atoms with Crippen LogP contribution in [-0.2, 0) is 24.4 Å². The van der Waals surface area contributed by atoms with Gasteiger partial charge in [-0.15, -0.1) is 0 Å². The van der Waals surface area contributed by atoms with Crippen LogP contribution >= 0.6 is 0 Å². The summed E-state index contributed by atoms with van der Waals surface area (Å²) >= 11 is 0. The summed E-state index contributed by atoms with van der Waals surface area (Å²) in [5.74, 6) is -4.26. The number of methoxy groups -OCH3 is 1. The average Bonchev–Trinajstić information content (AvgIpc) is 1.98. The van der Waals surface area contributed by atoms with Crippen LogP contribution in [0.3, 0.4) is 0 Å². The Hall–Kier alpha value is -1.22. The number of alkyl halides is 1.